The maximum atomic E-state index is 13.2. The third kappa shape index (κ3) is 48.2. The molecule has 0 radical (unpaired) electrons. The highest BCUT2D eigenvalue weighted by molar-refractivity contribution is 5.74. The highest BCUT2D eigenvalue weighted by atomic mass is 16.7. The van der Waals surface area contributed by atoms with Gasteiger partial charge in [-0.2, -0.15) is 0 Å². The number of carboxylic acids is 1. The van der Waals surface area contributed by atoms with Crippen LogP contribution in [0.15, 0.2) is 158 Å². The van der Waals surface area contributed by atoms with Crippen LogP contribution in [0.3, 0.4) is 0 Å². The van der Waals surface area contributed by atoms with Gasteiger partial charge in [-0.25, -0.2) is 4.79 Å². The van der Waals surface area contributed by atoms with Crippen molar-refractivity contribution in [3.63, 3.8) is 0 Å². The fraction of sp³-hybridized carbons (Fsp3) is 0.589. The minimum atomic E-state index is -1.93. The molecule has 0 aromatic heterocycles. The van der Waals surface area contributed by atoms with Gasteiger partial charge >= 0.3 is 23.9 Å². The molecule has 0 aliphatic carbocycles. The van der Waals surface area contributed by atoms with Crippen molar-refractivity contribution < 1.29 is 58.2 Å². The van der Waals surface area contributed by atoms with Crippen molar-refractivity contribution in [2.45, 2.75) is 263 Å². The van der Waals surface area contributed by atoms with Crippen LogP contribution in [0.4, 0.5) is 0 Å². The van der Waals surface area contributed by atoms with Crippen LogP contribution in [0.5, 0.6) is 0 Å². The fourth-order valence-electron chi connectivity index (χ4n) is 8.74. The number of aliphatic carboxylic acids is 1. The number of carbonyl (C=O) groups excluding carboxylic acids is 3. The smallest absolute Gasteiger partial charge is 0.335 e. The Labute approximate surface area is 514 Å². The first-order valence-electron chi connectivity index (χ1n) is 32.5. The molecule has 1 aliphatic rings. The van der Waals surface area contributed by atoms with Gasteiger partial charge in [-0.15, -0.1) is 0 Å². The predicted octanol–water partition coefficient (Wildman–Crippen LogP) is 17.7. The van der Waals surface area contributed by atoms with Crippen LogP contribution >= 0.6 is 0 Å². The van der Waals surface area contributed by atoms with Crippen molar-refractivity contribution in [3.8, 4) is 0 Å². The summed E-state index contributed by atoms with van der Waals surface area (Å²) >= 11 is 0. The van der Waals surface area contributed by atoms with Crippen molar-refractivity contribution in [1.82, 2.24) is 0 Å². The van der Waals surface area contributed by atoms with Gasteiger partial charge in [-0.1, -0.05) is 230 Å². The van der Waals surface area contributed by atoms with E-state index < -0.39 is 67.3 Å². The molecule has 1 saturated heterocycles. The first kappa shape index (κ1) is 77.4. The Kier molecular flexibility index (Phi) is 53.4. The van der Waals surface area contributed by atoms with E-state index >= 15 is 0 Å². The van der Waals surface area contributed by atoms with Gasteiger partial charge in [0.15, 0.2) is 24.6 Å². The predicted molar refractivity (Wildman–Crippen MR) is 349 cm³/mol. The molecule has 1 heterocycles. The Morgan fingerprint density at radius 1 is 0.388 bits per heavy atom. The average Bonchev–Trinajstić information content (AvgIpc) is 3.53. The topological polar surface area (TPSA) is 175 Å². The lowest BCUT2D eigenvalue weighted by atomic mass is 9.98. The van der Waals surface area contributed by atoms with E-state index in [0.29, 0.717) is 25.7 Å². The number of aliphatic hydroxyl groups excluding tert-OH is 2. The van der Waals surface area contributed by atoms with Gasteiger partial charge < -0.3 is 39.0 Å². The van der Waals surface area contributed by atoms with Gasteiger partial charge in [-0.3, -0.25) is 14.4 Å². The van der Waals surface area contributed by atoms with Gasteiger partial charge in [0.2, 0.25) is 0 Å². The molecule has 0 amide bonds. The molecule has 0 aromatic carbocycles. The summed E-state index contributed by atoms with van der Waals surface area (Å²) in [5, 5.41) is 31.6. The lowest BCUT2D eigenvalue weighted by Crippen LogP contribution is -2.61. The summed E-state index contributed by atoms with van der Waals surface area (Å²) in [4.78, 5) is 51.4. The number of allylic oxidation sites excluding steroid dienone is 26. The fourth-order valence-corrected chi connectivity index (χ4v) is 8.74. The van der Waals surface area contributed by atoms with E-state index in [1.165, 1.54) is 0 Å². The summed E-state index contributed by atoms with van der Waals surface area (Å²) in [6.07, 6.45) is 73.4. The molecule has 6 atom stereocenters. The summed E-state index contributed by atoms with van der Waals surface area (Å²) in [7, 11) is 0. The SMILES string of the molecule is CC/C=C\C/C=C\C/C=C\C/C=C\C/C=C\CCCC(=O)OC(COC(=O)CCCCCCCC/C=C\C/C=C\C/C=C\C/C=C\CC)COC1OC(C(=O)O)C(O)C(O)C1OC(=O)CCCCCCCC/C=C\C/C=C\C/C=C\C/C=C\CC. The van der Waals surface area contributed by atoms with Crippen LogP contribution in [-0.4, -0.2) is 89.2 Å². The van der Waals surface area contributed by atoms with E-state index in [1.807, 2.05) is 12.2 Å². The van der Waals surface area contributed by atoms with Crippen molar-refractivity contribution in [2.75, 3.05) is 13.2 Å². The quantitative estimate of drug-likeness (QED) is 0.0228. The van der Waals surface area contributed by atoms with Gasteiger partial charge in [0.25, 0.3) is 0 Å². The molecule has 6 unspecified atom stereocenters. The molecule has 3 N–H and O–H groups in total. The Morgan fingerprint density at radius 2 is 0.718 bits per heavy atom. The van der Waals surface area contributed by atoms with E-state index in [9.17, 15) is 34.5 Å². The summed E-state index contributed by atoms with van der Waals surface area (Å²) in [6.45, 7) is 5.59. The molecule has 12 heteroatoms. The molecule has 476 valence electrons. The number of carbonyl (C=O) groups is 4. The maximum Gasteiger partial charge on any atom is 0.335 e. The number of hydrogen-bond acceptors (Lipinski definition) is 11. The van der Waals surface area contributed by atoms with Crippen molar-refractivity contribution in [3.05, 3.63) is 158 Å². The van der Waals surface area contributed by atoms with Crippen molar-refractivity contribution in [2.24, 2.45) is 0 Å². The second-order valence-corrected chi connectivity index (χ2v) is 21.2. The molecular weight excluding hydrogens is 1070 g/mol. The second-order valence-electron chi connectivity index (χ2n) is 21.2. The van der Waals surface area contributed by atoms with Gasteiger partial charge in [0, 0.05) is 19.3 Å². The molecule has 0 saturated carbocycles. The Hall–Kier alpha value is -5.66. The maximum absolute atomic E-state index is 13.2. The molecule has 1 aliphatic heterocycles. The van der Waals surface area contributed by atoms with E-state index in [0.717, 1.165) is 161 Å². The van der Waals surface area contributed by atoms with E-state index in [2.05, 4.69) is 167 Å². The van der Waals surface area contributed by atoms with Crippen LogP contribution in [0.2, 0.25) is 0 Å². The van der Waals surface area contributed by atoms with Crippen LogP contribution in [0.25, 0.3) is 0 Å². The minimum Gasteiger partial charge on any atom is -0.479 e. The largest absolute Gasteiger partial charge is 0.479 e. The first-order chi connectivity index (χ1) is 41.6. The zero-order valence-corrected chi connectivity index (χ0v) is 52.5. The number of esters is 3. The van der Waals surface area contributed by atoms with Gasteiger partial charge in [-0.05, 0) is 135 Å². The zero-order valence-electron chi connectivity index (χ0n) is 52.5. The van der Waals surface area contributed by atoms with Crippen molar-refractivity contribution >= 4 is 23.9 Å². The van der Waals surface area contributed by atoms with E-state index in [-0.39, 0.29) is 25.9 Å². The Bertz CT molecular complexity index is 2080. The van der Waals surface area contributed by atoms with Crippen LogP contribution in [-0.2, 0) is 42.9 Å². The van der Waals surface area contributed by atoms with Crippen LogP contribution in [0, 0.1) is 0 Å². The molecule has 0 spiro atoms. The standard InChI is InChI=1S/C73H112O12/c1-4-7-10-13-16-19-22-25-28-31-33-36-38-41-44-47-50-53-56-59-65(74)81-62-64(83-66(75)60-57-54-51-48-45-42-39-35-30-27-24-21-18-15-12-9-6-3)63-82-73-71(69(78)68(77)70(85-73)72(79)80)84-67(76)61-58-55-52-49-46-43-40-37-34-32-29-26-23-20-17-14-11-8-5-2/h7-12,16-21,25-30,33-34,36-37,39,42,48,51,64,68-71,73,77-78H,4-6,13-15,22-24,31-32,35,38,40-41,43-47,49-50,52-63H2,1-3H3,(H,79,80)/b10-7-,11-8-,12-9-,19-16-,20-17-,21-18-,28-25-,29-26-,30-27-,36-33-,37-34-,42-39-,51-48-. The molecule has 0 bridgehead atoms. The Balaban J connectivity index is 2.72. The number of rotatable bonds is 53. The van der Waals surface area contributed by atoms with Crippen LogP contribution in [0.1, 0.15) is 226 Å². The summed E-state index contributed by atoms with van der Waals surface area (Å²) in [5.41, 5.74) is 0. The zero-order chi connectivity index (χ0) is 61.7. The van der Waals surface area contributed by atoms with E-state index in [1.54, 1.807) is 0 Å². The summed E-state index contributed by atoms with van der Waals surface area (Å²) < 4.78 is 28.4. The normalized spacial score (nSPS) is 18.5. The highest BCUT2D eigenvalue weighted by Crippen LogP contribution is 2.26. The number of ether oxygens (including phenoxy) is 5. The van der Waals surface area contributed by atoms with Gasteiger partial charge in [0.1, 0.15) is 18.8 Å². The number of hydrogen-bond donors (Lipinski definition) is 3. The third-order valence-electron chi connectivity index (χ3n) is 13.6. The summed E-state index contributed by atoms with van der Waals surface area (Å²) in [5.74, 6) is -3.26. The molecule has 1 fully saturated rings. The minimum absolute atomic E-state index is 0.0266. The molecule has 12 nitrogen and oxygen atoms in total. The second kappa shape index (κ2) is 58.7. The highest BCUT2D eigenvalue weighted by Gasteiger charge is 2.50. The van der Waals surface area contributed by atoms with Crippen molar-refractivity contribution in [1.29, 1.82) is 0 Å². The lowest BCUT2D eigenvalue weighted by molar-refractivity contribution is -0.301. The van der Waals surface area contributed by atoms with E-state index in [4.69, 9.17) is 23.7 Å². The number of carboxylic acid groups (broad SMARTS) is 1. The monoisotopic (exact) mass is 1180 g/mol. The molecule has 85 heavy (non-hydrogen) atoms. The summed E-state index contributed by atoms with van der Waals surface area (Å²) in [6, 6.07) is 0. The molecular formula is C73H112O12. The molecule has 1 rings (SSSR count). The van der Waals surface area contributed by atoms with Gasteiger partial charge in [0.05, 0.1) is 6.61 Å². The number of unbranched alkanes of at least 4 members (excludes halogenated alkanes) is 13. The Morgan fingerprint density at radius 3 is 1.11 bits per heavy atom. The third-order valence-corrected chi connectivity index (χ3v) is 13.6. The average molecular weight is 1180 g/mol. The first-order valence-corrected chi connectivity index (χ1v) is 32.5. The molecule has 0 aromatic rings. The lowest BCUT2D eigenvalue weighted by Gasteiger charge is -2.40. The van der Waals surface area contributed by atoms with Crippen LogP contribution < -0.4 is 0 Å². The number of aliphatic hydroxyl groups is 2.